The molecule has 0 amide bonds. The third kappa shape index (κ3) is 4.99. The van der Waals surface area contributed by atoms with E-state index in [-0.39, 0.29) is 17.0 Å². The molecule has 0 spiro atoms. The van der Waals surface area contributed by atoms with Crippen LogP contribution in [0.25, 0.3) is 0 Å². The van der Waals surface area contributed by atoms with E-state index < -0.39 is 8.07 Å². The van der Waals surface area contributed by atoms with Gasteiger partial charge in [-0.25, -0.2) is 9.13 Å². The Morgan fingerprint density at radius 3 is 2.40 bits per heavy atom. The Balaban J connectivity index is 0.00000200. The Morgan fingerprint density at radius 1 is 1.15 bits per heavy atom. The second kappa shape index (κ2) is 6.92. The Morgan fingerprint density at radius 2 is 1.80 bits per heavy atom. The molecule has 20 heavy (non-hydrogen) atoms. The molecule has 0 aliphatic rings. The summed E-state index contributed by atoms with van der Waals surface area (Å²) >= 11 is 0. The maximum absolute atomic E-state index is 3.41. The van der Waals surface area contributed by atoms with E-state index in [1.54, 1.807) is 0 Å². The predicted molar refractivity (Wildman–Crippen MR) is 81.4 cm³/mol. The van der Waals surface area contributed by atoms with Crippen molar-refractivity contribution < 1.29 is 21.5 Å². The molecule has 106 valence electrons. The minimum absolute atomic E-state index is 0. The van der Waals surface area contributed by atoms with Gasteiger partial charge in [0.2, 0.25) is 12.0 Å². The number of hydrogen-bond donors (Lipinski definition) is 0. The SMILES string of the molecule is Cn1c[n+](Cc2ccccc2)cc1C#C[Si](C)(C)C.[Br-]. The maximum Gasteiger partial charge on any atom is 0.244 e. The topological polar surface area (TPSA) is 8.81 Å². The summed E-state index contributed by atoms with van der Waals surface area (Å²) in [6.07, 6.45) is 4.22. The predicted octanol–water partition coefficient (Wildman–Crippen LogP) is -0.406. The highest BCUT2D eigenvalue weighted by Gasteiger charge is 2.11. The summed E-state index contributed by atoms with van der Waals surface area (Å²) in [5, 5.41) is 0. The normalized spacial score (nSPS) is 10.4. The minimum atomic E-state index is -1.31. The monoisotopic (exact) mass is 348 g/mol. The zero-order chi connectivity index (χ0) is 13.9. The summed E-state index contributed by atoms with van der Waals surface area (Å²) in [4.78, 5) is 0. The summed E-state index contributed by atoms with van der Waals surface area (Å²) in [5.74, 6) is 3.31. The molecule has 0 saturated heterocycles. The number of imidazole rings is 1. The number of halogens is 1. The Labute approximate surface area is 133 Å². The van der Waals surface area contributed by atoms with Crippen molar-refractivity contribution in [2.75, 3.05) is 0 Å². The van der Waals surface area contributed by atoms with Gasteiger partial charge in [0.25, 0.3) is 0 Å². The van der Waals surface area contributed by atoms with Crippen LogP contribution in [0, 0.1) is 11.5 Å². The fourth-order valence-corrected chi connectivity index (χ4v) is 2.32. The smallest absolute Gasteiger partial charge is 0.244 e. The van der Waals surface area contributed by atoms with E-state index in [0.717, 1.165) is 12.2 Å². The first-order chi connectivity index (χ1) is 8.94. The van der Waals surface area contributed by atoms with Crippen molar-refractivity contribution >= 4 is 8.07 Å². The van der Waals surface area contributed by atoms with Gasteiger partial charge in [0, 0.05) is 0 Å². The third-order valence-corrected chi connectivity index (χ3v) is 3.64. The minimum Gasteiger partial charge on any atom is -1.00 e. The first-order valence-electron chi connectivity index (χ1n) is 6.56. The molecule has 2 rings (SSSR count). The number of benzene rings is 1. The molecule has 0 bridgehead atoms. The molecular weight excluding hydrogens is 328 g/mol. The zero-order valence-corrected chi connectivity index (χ0v) is 15.1. The van der Waals surface area contributed by atoms with Gasteiger partial charge >= 0.3 is 0 Å². The number of nitrogens with zero attached hydrogens (tertiary/aromatic N) is 2. The van der Waals surface area contributed by atoms with E-state index in [1.165, 1.54) is 5.56 Å². The van der Waals surface area contributed by atoms with E-state index in [0.29, 0.717) is 0 Å². The van der Waals surface area contributed by atoms with E-state index in [2.05, 4.69) is 84.1 Å². The number of rotatable bonds is 2. The fourth-order valence-electron chi connectivity index (χ4n) is 1.82. The zero-order valence-electron chi connectivity index (χ0n) is 12.5. The molecule has 0 aliphatic heterocycles. The fraction of sp³-hybridized carbons (Fsp3) is 0.312. The average Bonchev–Trinajstić information content (AvgIpc) is 2.67. The molecular formula is C16H21BrN2Si. The molecule has 1 aromatic carbocycles. The van der Waals surface area contributed by atoms with Crippen LogP contribution in [0.2, 0.25) is 19.6 Å². The molecule has 2 nitrogen and oxygen atoms in total. The lowest BCUT2D eigenvalue weighted by Crippen LogP contribution is -3.00. The second-order valence-electron chi connectivity index (χ2n) is 5.90. The van der Waals surface area contributed by atoms with Gasteiger partial charge in [0.1, 0.15) is 20.8 Å². The van der Waals surface area contributed by atoms with Crippen molar-refractivity contribution in [3.05, 3.63) is 54.1 Å². The average molecular weight is 349 g/mol. The highest BCUT2D eigenvalue weighted by molar-refractivity contribution is 6.83. The van der Waals surface area contributed by atoms with Crippen LogP contribution >= 0.6 is 0 Å². The molecule has 0 radical (unpaired) electrons. The lowest BCUT2D eigenvalue weighted by molar-refractivity contribution is -0.687. The highest BCUT2D eigenvalue weighted by Crippen LogP contribution is 2.01. The molecule has 0 fully saturated rings. The molecule has 4 heteroatoms. The van der Waals surface area contributed by atoms with E-state index in [4.69, 9.17) is 0 Å². The molecule has 2 aromatic rings. The van der Waals surface area contributed by atoms with Gasteiger partial charge in [-0.2, -0.15) is 0 Å². The molecule has 0 saturated carbocycles. The van der Waals surface area contributed by atoms with Gasteiger partial charge in [-0.05, 0) is 11.5 Å². The summed E-state index contributed by atoms with van der Waals surface area (Å²) < 4.78 is 4.28. The molecule has 1 aromatic heterocycles. The van der Waals surface area contributed by atoms with E-state index >= 15 is 0 Å². The summed E-state index contributed by atoms with van der Waals surface area (Å²) in [6, 6.07) is 10.5. The van der Waals surface area contributed by atoms with Crippen molar-refractivity contribution in [1.82, 2.24) is 4.57 Å². The Hall–Kier alpha value is -1.31. The number of aryl methyl sites for hydroxylation is 1. The first kappa shape index (κ1) is 16.7. The van der Waals surface area contributed by atoms with E-state index in [1.807, 2.05) is 6.07 Å². The highest BCUT2D eigenvalue weighted by atomic mass is 79.9. The summed E-state index contributed by atoms with van der Waals surface area (Å²) in [6.45, 7) is 7.69. The van der Waals surface area contributed by atoms with Crippen LogP contribution in [0.15, 0.2) is 42.9 Å². The molecule has 1 heterocycles. The van der Waals surface area contributed by atoms with Gasteiger partial charge in [-0.1, -0.05) is 50.0 Å². The molecule has 0 unspecified atom stereocenters. The van der Waals surface area contributed by atoms with Crippen LogP contribution in [-0.2, 0) is 13.6 Å². The van der Waals surface area contributed by atoms with Crippen LogP contribution in [0.5, 0.6) is 0 Å². The number of hydrogen-bond acceptors (Lipinski definition) is 0. The quantitative estimate of drug-likeness (QED) is 0.396. The van der Waals surface area contributed by atoms with Gasteiger partial charge in [-0.15, -0.1) is 5.54 Å². The largest absolute Gasteiger partial charge is 1.00 e. The van der Waals surface area contributed by atoms with Gasteiger partial charge < -0.3 is 17.0 Å². The number of aromatic nitrogens is 2. The van der Waals surface area contributed by atoms with Crippen molar-refractivity contribution in [2.24, 2.45) is 7.05 Å². The van der Waals surface area contributed by atoms with Crippen LogP contribution < -0.4 is 21.5 Å². The Kier molecular flexibility index (Phi) is 5.79. The first-order valence-corrected chi connectivity index (χ1v) is 10.1. The van der Waals surface area contributed by atoms with Crippen LogP contribution in [0.1, 0.15) is 11.3 Å². The van der Waals surface area contributed by atoms with Crippen molar-refractivity contribution in [1.29, 1.82) is 0 Å². The summed E-state index contributed by atoms with van der Waals surface area (Å²) in [5.41, 5.74) is 5.80. The standard InChI is InChI=1S/C16H21N2Si.BrH/c1-17-14-18(12-15-8-6-5-7-9-15)13-16(17)10-11-19(2,3)4;/h5-9,13-14H,12H2,1-4H3;1H/q+1;/p-1. The molecule has 0 atom stereocenters. The van der Waals surface area contributed by atoms with Gasteiger partial charge in [0.15, 0.2) is 0 Å². The van der Waals surface area contributed by atoms with Gasteiger partial charge in [0.05, 0.1) is 7.05 Å². The maximum atomic E-state index is 3.41. The van der Waals surface area contributed by atoms with Gasteiger partial charge in [-0.3, -0.25) is 0 Å². The van der Waals surface area contributed by atoms with Crippen LogP contribution in [0.4, 0.5) is 0 Å². The lowest BCUT2D eigenvalue weighted by Gasteiger charge is -2.02. The van der Waals surface area contributed by atoms with Crippen LogP contribution in [0.3, 0.4) is 0 Å². The molecule has 0 aliphatic carbocycles. The van der Waals surface area contributed by atoms with Crippen molar-refractivity contribution in [2.45, 2.75) is 26.2 Å². The lowest BCUT2D eigenvalue weighted by atomic mass is 10.2. The third-order valence-electron chi connectivity index (χ3n) is 2.76. The van der Waals surface area contributed by atoms with Crippen LogP contribution in [-0.4, -0.2) is 12.6 Å². The summed E-state index contributed by atoms with van der Waals surface area (Å²) in [7, 11) is 0.740. The van der Waals surface area contributed by atoms with E-state index in [9.17, 15) is 0 Å². The van der Waals surface area contributed by atoms with Crippen molar-refractivity contribution in [3.63, 3.8) is 0 Å². The Bertz CT molecular complexity index is 615. The molecule has 0 N–H and O–H groups in total. The second-order valence-corrected chi connectivity index (χ2v) is 10.6. The van der Waals surface area contributed by atoms with Crippen molar-refractivity contribution in [3.8, 4) is 11.5 Å².